The molecule has 2 aromatic heterocycles. The zero-order valence-electron chi connectivity index (χ0n) is 13.6. The number of carbonyl (C=O) groups excluding carboxylic acids is 1. The van der Waals surface area contributed by atoms with E-state index in [1.54, 1.807) is 42.7 Å². The van der Waals surface area contributed by atoms with E-state index >= 15 is 0 Å². The molecule has 2 heterocycles. The molecule has 0 aliphatic heterocycles. The number of benzene rings is 1. The molecule has 0 fully saturated rings. The molecule has 4 N–H and O–H groups in total. The van der Waals surface area contributed by atoms with Crippen LogP contribution in [0.3, 0.4) is 0 Å². The summed E-state index contributed by atoms with van der Waals surface area (Å²) in [7, 11) is 0. The van der Waals surface area contributed by atoms with Crippen molar-refractivity contribution in [1.82, 2.24) is 20.5 Å². The van der Waals surface area contributed by atoms with Crippen LogP contribution < -0.4 is 10.6 Å². The highest BCUT2D eigenvalue weighted by Gasteiger charge is 2.12. The molecule has 128 valence electrons. The van der Waals surface area contributed by atoms with Crippen LogP contribution in [-0.4, -0.2) is 39.3 Å². The van der Waals surface area contributed by atoms with E-state index in [1.165, 1.54) is 0 Å². The summed E-state index contributed by atoms with van der Waals surface area (Å²) in [6.07, 6.45) is 4.25. The summed E-state index contributed by atoms with van der Waals surface area (Å²) in [4.78, 5) is 16.2. The molecule has 0 spiro atoms. The van der Waals surface area contributed by atoms with Crippen LogP contribution in [0.5, 0.6) is 5.75 Å². The Morgan fingerprint density at radius 3 is 2.84 bits per heavy atom. The van der Waals surface area contributed by atoms with Gasteiger partial charge in [0.05, 0.1) is 11.4 Å². The number of carbonyl (C=O) groups is 1. The van der Waals surface area contributed by atoms with Crippen molar-refractivity contribution >= 4 is 11.6 Å². The predicted molar refractivity (Wildman–Crippen MR) is 95.4 cm³/mol. The number of anilines is 1. The van der Waals surface area contributed by atoms with E-state index in [9.17, 15) is 9.90 Å². The molecule has 3 aromatic rings. The number of para-hydroxylation sites is 1. The molecule has 0 aliphatic carbocycles. The second-order valence-corrected chi connectivity index (χ2v) is 5.46. The fourth-order valence-corrected chi connectivity index (χ4v) is 2.35. The summed E-state index contributed by atoms with van der Waals surface area (Å²) >= 11 is 0. The van der Waals surface area contributed by atoms with E-state index in [0.717, 1.165) is 18.7 Å². The third-order valence-corrected chi connectivity index (χ3v) is 3.63. The SMILES string of the molecule is O=C(NCCCNc1cccnc1)c1cc(-c2ccccc2O)n[nH]1. The first-order valence-corrected chi connectivity index (χ1v) is 8.00. The number of aromatic hydroxyl groups is 1. The van der Waals surface area contributed by atoms with E-state index in [4.69, 9.17) is 0 Å². The number of pyridine rings is 1. The van der Waals surface area contributed by atoms with Crippen molar-refractivity contribution in [3.05, 3.63) is 60.6 Å². The first-order chi connectivity index (χ1) is 12.2. The Bertz CT molecular complexity index is 832. The molecule has 0 saturated heterocycles. The first kappa shape index (κ1) is 16.5. The van der Waals surface area contributed by atoms with Gasteiger partial charge >= 0.3 is 0 Å². The number of aromatic nitrogens is 3. The number of phenolic OH excluding ortho intramolecular Hbond substituents is 1. The molecule has 1 amide bonds. The third-order valence-electron chi connectivity index (χ3n) is 3.63. The number of aromatic amines is 1. The molecular formula is C18H19N5O2. The predicted octanol–water partition coefficient (Wildman–Crippen LogP) is 2.41. The average molecular weight is 337 g/mol. The monoisotopic (exact) mass is 337 g/mol. The van der Waals surface area contributed by atoms with Crippen molar-refractivity contribution in [3.63, 3.8) is 0 Å². The second-order valence-electron chi connectivity index (χ2n) is 5.46. The quantitative estimate of drug-likeness (QED) is 0.496. The molecule has 0 saturated carbocycles. The molecular weight excluding hydrogens is 318 g/mol. The summed E-state index contributed by atoms with van der Waals surface area (Å²) < 4.78 is 0. The van der Waals surface area contributed by atoms with Gasteiger partial charge in [-0.2, -0.15) is 5.10 Å². The van der Waals surface area contributed by atoms with E-state index in [1.807, 2.05) is 12.1 Å². The van der Waals surface area contributed by atoms with Gasteiger partial charge in [0.2, 0.25) is 0 Å². The van der Waals surface area contributed by atoms with E-state index in [-0.39, 0.29) is 11.7 Å². The van der Waals surface area contributed by atoms with Gasteiger partial charge in [-0.05, 0) is 36.8 Å². The lowest BCUT2D eigenvalue weighted by molar-refractivity contribution is 0.0948. The topological polar surface area (TPSA) is 103 Å². The lowest BCUT2D eigenvalue weighted by Crippen LogP contribution is -2.26. The Balaban J connectivity index is 1.47. The van der Waals surface area contributed by atoms with Gasteiger partial charge in [0.1, 0.15) is 11.4 Å². The Hall–Kier alpha value is -3.35. The molecule has 3 rings (SSSR count). The molecule has 7 heteroatoms. The molecule has 0 radical (unpaired) electrons. The van der Waals surface area contributed by atoms with Crippen LogP contribution in [0, 0.1) is 0 Å². The summed E-state index contributed by atoms with van der Waals surface area (Å²) in [5.41, 5.74) is 2.42. The maximum atomic E-state index is 12.1. The fraction of sp³-hybridized carbons (Fsp3) is 0.167. The van der Waals surface area contributed by atoms with Crippen LogP contribution in [0.1, 0.15) is 16.9 Å². The highest BCUT2D eigenvalue weighted by Crippen LogP contribution is 2.27. The number of H-pyrrole nitrogens is 1. The van der Waals surface area contributed by atoms with Gasteiger partial charge < -0.3 is 15.7 Å². The van der Waals surface area contributed by atoms with Crippen LogP contribution in [0.2, 0.25) is 0 Å². The molecule has 25 heavy (non-hydrogen) atoms. The largest absolute Gasteiger partial charge is 0.507 e. The van der Waals surface area contributed by atoms with Crippen molar-refractivity contribution in [2.24, 2.45) is 0 Å². The summed E-state index contributed by atoms with van der Waals surface area (Å²) in [5, 5.41) is 22.7. The molecule has 0 bridgehead atoms. The van der Waals surface area contributed by atoms with Crippen LogP contribution in [0.15, 0.2) is 54.9 Å². The van der Waals surface area contributed by atoms with Crippen LogP contribution in [0.25, 0.3) is 11.3 Å². The lowest BCUT2D eigenvalue weighted by atomic mass is 10.1. The first-order valence-electron chi connectivity index (χ1n) is 8.00. The van der Waals surface area contributed by atoms with Crippen molar-refractivity contribution in [2.75, 3.05) is 18.4 Å². The van der Waals surface area contributed by atoms with Gasteiger partial charge in [0, 0.05) is 31.0 Å². The molecule has 1 aromatic carbocycles. The Kier molecular flexibility index (Phi) is 5.26. The van der Waals surface area contributed by atoms with E-state index in [2.05, 4.69) is 25.8 Å². The summed E-state index contributed by atoms with van der Waals surface area (Å²) in [5.74, 6) is -0.0991. The Morgan fingerprint density at radius 2 is 2.04 bits per heavy atom. The highest BCUT2D eigenvalue weighted by molar-refractivity contribution is 5.93. The average Bonchev–Trinajstić information content (AvgIpc) is 3.12. The number of phenols is 1. The third kappa shape index (κ3) is 4.35. The van der Waals surface area contributed by atoms with Crippen molar-refractivity contribution in [1.29, 1.82) is 0 Å². The second kappa shape index (κ2) is 7.96. The number of hydrogen-bond acceptors (Lipinski definition) is 5. The molecule has 0 aliphatic rings. The number of nitrogens with zero attached hydrogens (tertiary/aromatic N) is 2. The maximum absolute atomic E-state index is 12.1. The number of hydrogen-bond donors (Lipinski definition) is 4. The lowest BCUT2D eigenvalue weighted by Gasteiger charge is -2.06. The zero-order chi connectivity index (χ0) is 17.5. The Morgan fingerprint density at radius 1 is 1.16 bits per heavy atom. The molecule has 0 unspecified atom stereocenters. The Labute approximate surface area is 145 Å². The van der Waals surface area contributed by atoms with Gasteiger partial charge in [-0.15, -0.1) is 0 Å². The van der Waals surface area contributed by atoms with Gasteiger partial charge in [-0.1, -0.05) is 12.1 Å². The maximum Gasteiger partial charge on any atom is 0.269 e. The minimum Gasteiger partial charge on any atom is -0.507 e. The van der Waals surface area contributed by atoms with Crippen LogP contribution in [0.4, 0.5) is 5.69 Å². The molecule has 7 nitrogen and oxygen atoms in total. The van der Waals surface area contributed by atoms with Gasteiger partial charge in [-0.25, -0.2) is 0 Å². The minimum absolute atomic E-state index is 0.127. The number of amides is 1. The van der Waals surface area contributed by atoms with Gasteiger partial charge in [-0.3, -0.25) is 14.9 Å². The van der Waals surface area contributed by atoms with Crippen LogP contribution in [-0.2, 0) is 0 Å². The standard InChI is InChI=1S/C18H19N5O2/c24-17-7-2-1-6-14(17)15-11-16(23-22-15)18(25)21-10-4-9-20-13-5-3-8-19-12-13/h1-3,5-8,11-12,20,24H,4,9-10H2,(H,21,25)(H,22,23). The number of rotatable bonds is 7. The van der Waals surface area contributed by atoms with Crippen molar-refractivity contribution in [2.45, 2.75) is 6.42 Å². The van der Waals surface area contributed by atoms with Crippen molar-refractivity contribution < 1.29 is 9.90 Å². The van der Waals surface area contributed by atoms with Crippen LogP contribution >= 0.6 is 0 Å². The number of nitrogens with one attached hydrogen (secondary N) is 3. The molecule has 0 atom stereocenters. The summed E-state index contributed by atoms with van der Waals surface area (Å²) in [6.45, 7) is 1.27. The summed E-state index contributed by atoms with van der Waals surface area (Å²) in [6, 6.07) is 12.3. The highest BCUT2D eigenvalue weighted by atomic mass is 16.3. The van der Waals surface area contributed by atoms with E-state index < -0.39 is 0 Å². The fourth-order valence-electron chi connectivity index (χ4n) is 2.35. The zero-order valence-corrected chi connectivity index (χ0v) is 13.6. The minimum atomic E-state index is -0.226. The van der Waals surface area contributed by atoms with E-state index in [0.29, 0.717) is 23.5 Å². The van der Waals surface area contributed by atoms with Crippen molar-refractivity contribution in [3.8, 4) is 17.0 Å². The normalized spacial score (nSPS) is 10.4. The van der Waals surface area contributed by atoms with Gasteiger partial charge in [0.15, 0.2) is 0 Å². The van der Waals surface area contributed by atoms with Gasteiger partial charge in [0.25, 0.3) is 5.91 Å². The smallest absolute Gasteiger partial charge is 0.269 e.